The molecule has 1 saturated heterocycles. The zero-order valence-electron chi connectivity index (χ0n) is 18.4. The predicted octanol–water partition coefficient (Wildman–Crippen LogP) is 3.08. The molecule has 1 aromatic heterocycles. The van der Waals surface area contributed by atoms with E-state index in [2.05, 4.69) is 22.6 Å². The normalized spacial score (nSPS) is 20.6. The summed E-state index contributed by atoms with van der Waals surface area (Å²) in [7, 11) is 0. The van der Waals surface area contributed by atoms with E-state index >= 15 is 0 Å². The molecule has 11 heteroatoms. The molecule has 34 heavy (non-hydrogen) atoms. The summed E-state index contributed by atoms with van der Waals surface area (Å²) in [4.78, 5) is 26.0. The molecule has 0 unspecified atom stereocenters. The zero-order valence-corrected chi connectivity index (χ0v) is 18.4. The number of carbonyl (C=O) groups is 2. The second kappa shape index (κ2) is 9.40. The molecule has 10 nitrogen and oxygen atoms in total. The number of carbonyl (C=O) groups excluding carboxylic acids is 2. The predicted molar refractivity (Wildman–Crippen MR) is 118 cm³/mol. The summed E-state index contributed by atoms with van der Waals surface area (Å²) < 4.78 is 20.1. The number of nitriles is 2. The fourth-order valence-electron chi connectivity index (χ4n) is 4.08. The maximum atomic E-state index is 13.2. The van der Waals surface area contributed by atoms with Gasteiger partial charge in [-0.05, 0) is 43.5 Å². The van der Waals surface area contributed by atoms with E-state index in [9.17, 15) is 19.2 Å². The summed E-state index contributed by atoms with van der Waals surface area (Å²) in [6.07, 6.45) is 3.50. The smallest absolute Gasteiger partial charge is 0.409 e. The van der Waals surface area contributed by atoms with Crippen molar-refractivity contribution in [2.75, 3.05) is 25.0 Å². The molecule has 4 rings (SSSR count). The number of nitrogens with zero attached hydrogens (tertiary/aromatic N) is 5. The van der Waals surface area contributed by atoms with Gasteiger partial charge >= 0.3 is 6.09 Å². The van der Waals surface area contributed by atoms with E-state index in [-0.39, 0.29) is 36.0 Å². The third kappa shape index (κ3) is 4.94. The third-order valence-corrected chi connectivity index (χ3v) is 6.36. The molecule has 2 aromatic rings. The zero-order chi connectivity index (χ0) is 24.3. The van der Waals surface area contributed by atoms with Crippen molar-refractivity contribution < 1.29 is 18.7 Å². The lowest BCUT2D eigenvalue weighted by atomic mass is 9.94. The SMILES string of the molecule is N#CCC1(COC(=O)N2CC[C@H](n3cc(C(N)=O)c(Nc4ccc(F)cc4)n3)[C@@H](C#N)C2)CC1. The van der Waals surface area contributed by atoms with Gasteiger partial charge in [0.2, 0.25) is 0 Å². The maximum Gasteiger partial charge on any atom is 0.409 e. The van der Waals surface area contributed by atoms with E-state index in [1.165, 1.54) is 40.0 Å². The van der Waals surface area contributed by atoms with E-state index in [1.807, 2.05) is 0 Å². The second-order valence-corrected chi connectivity index (χ2v) is 8.79. The molecule has 2 amide bonds. The lowest BCUT2D eigenvalue weighted by molar-refractivity contribution is 0.0638. The second-order valence-electron chi connectivity index (χ2n) is 8.79. The Morgan fingerprint density at radius 2 is 2.03 bits per heavy atom. The quantitative estimate of drug-likeness (QED) is 0.638. The molecular formula is C23H24FN7O3. The van der Waals surface area contributed by atoms with Crippen molar-refractivity contribution in [3.05, 3.63) is 41.8 Å². The van der Waals surface area contributed by atoms with Crippen molar-refractivity contribution in [3.8, 4) is 12.1 Å². The van der Waals surface area contributed by atoms with Crippen LogP contribution in [0.3, 0.4) is 0 Å². The number of benzene rings is 1. The van der Waals surface area contributed by atoms with Gasteiger partial charge in [-0.25, -0.2) is 9.18 Å². The lowest BCUT2D eigenvalue weighted by Crippen LogP contribution is -2.44. The first-order valence-corrected chi connectivity index (χ1v) is 10.9. The molecule has 1 aliphatic carbocycles. The van der Waals surface area contributed by atoms with Crippen LogP contribution in [0.5, 0.6) is 0 Å². The van der Waals surface area contributed by atoms with Gasteiger partial charge < -0.3 is 20.7 Å². The standard InChI is InChI=1S/C23H24FN7O3/c24-16-1-3-17(4-2-16)28-21-18(20(27)32)13-31(29-21)19-5-10-30(12-15(19)11-26)22(33)34-14-23(6-7-23)8-9-25/h1-4,13,15,19H,5-8,10,12,14H2,(H2,27,32)(H,28,29)/t15-,19-/m0/s1. The number of rotatable bonds is 7. The van der Waals surface area contributed by atoms with Gasteiger partial charge in [-0.2, -0.15) is 15.6 Å². The number of aromatic nitrogens is 2. The van der Waals surface area contributed by atoms with Crippen molar-refractivity contribution in [3.63, 3.8) is 0 Å². The highest BCUT2D eigenvalue weighted by Gasteiger charge is 2.44. The van der Waals surface area contributed by atoms with Crippen molar-refractivity contribution in [2.45, 2.75) is 31.7 Å². The topological polar surface area (TPSA) is 150 Å². The Labute approximate surface area is 195 Å². The van der Waals surface area contributed by atoms with Gasteiger partial charge in [-0.3, -0.25) is 9.48 Å². The lowest BCUT2D eigenvalue weighted by Gasteiger charge is -2.35. The van der Waals surface area contributed by atoms with Gasteiger partial charge in [-0.1, -0.05) is 0 Å². The minimum absolute atomic E-state index is 0.134. The van der Waals surface area contributed by atoms with Gasteiger partial charge in [-0.15, -0.1) is 0 Å². The number of anilines is 2. The highest BCUT2D eigenvalue weighted by atomic mass is 19.1. The summed E-state index contributed by atoms with van der Waals surface area (Å²) in [5.74, 6) is -1.48. The van der Waals surface area contributed by atoms with Gasteiger partial charge in [0.1, 0.15) is 11.4 Å². The Morgan fingerprint density at radius 3 is 2.65 bits per heavy atom. The van der Waals surface area contributed by atoms with Crippen molar-refractivity contribution in [1.29, 1.82) is 10.5 Å². The molecule has 2 atom stereocenters. The number of hydrogen-bond donors (Lipinski definition) is 2. The monoisotopic (exact) mass is 465 g/mol. The van der Waals surface area contributed by atoms with Crippen LogP contribution < -0.4 is 11.1 Å². The first kappa shape index (κ1) is 23.1. The van der Waals surface area contributed by atoms with Crippen LogP contribution >= 0.6 is 0 Å². The molecule has 1 saturated carbocycles. The van der Waals surface area contributed by atoms with Crippen molar-refractivity contribution >= 4 is 23.5 Å². The summed E-state index contributed by atoms with van der Waals surface area (Å²) >= 11 is 0. The van der Waals surface area contributed by atoms with Gasteiger partial charge in [0.05, 0.1) is 30.7 Å². The number of amides is 2. The third-order valence-electron chi connectivity index (χ3n) is 6.36. The van der Waals surface area contributed by atoms with Crippen LogP contribution in [0.4, 0.5) is 20.7 Å². The fraction of sp³-hybridized carbons (Fsp3) is 0.435. The largest absolute Gasteiger partial charge is 0.449 e. The molecule has 0 bridgehead atoms. The average molecular weight is 465 g/mol. The number of halogens is 1. The molecular weight excluding hydrogens is 441 g/mol. The van der Waals surface area contributed by atoms with Crippen LogP contribution in [0, 0.1) is 39.8 Å². The number of nitrogens with two attached hydrogens (primary N) is 1. The van der Waals surface area contributed by atoms with Crippen LogP contribution in [-0.4, -0.2) is 46.4 Å². The molecule has 2 heterocycles. The summed E-state index contributed by atoms with van der Waals surface area (Å²) in [5.41, 5.74) is 5.95. The minimum atomic E-state index is -0.697. The molecule has 1 aliphatic heterocycles. The van der Waals surface area contributed by atoms with E-state index in [1.54, 1.807) is 0 Å². The maximum absolute atomic E-state index is 13.2. The number of likely N-dealkylation sites (tertiary alicyclic amines) is 1. The van der Waals surface area contributed by atoms with E-state index < -0.39 is 23.7 Å². The van der Waals surface area contributed by atoms with Crippen LogP contribution in [0.25, 0.3) is 0 Å². The molecule has 2 fully saturated rings. The molecule has 1 aromatic carbocycles. The van der Waals surface area contributed by atoms with Gasteiger partial charge in [0, 0.05) is 36.8 Å². The van der Waals surface area contributed by atoms with E-state index in [4.69, 9.17) is 15.7 Å². The van der Waals surface area contributed by atoms with Crippen LogP contribution in [0.1, 0.15) is 42.1 Å². The van der Waals surface area contributed by atoms with Crippen molar-refractivity contribution in [2.24, 2.45) is 17.1 Å². The Hall–Kier alpha value is -4.12. The Bertz CT molecular complexity index is 1160. The molecule has 0 spiro atoms. The number of nitrogens with one attached hydrogen (secondary N) is 1. The van der Waals surface area contributed by atoms with E-state index in [0.717, 1.165) is 12.8 Å². The minimum Gasteiger partial charge on any atom is -0.449 e. The Kier molecular flexibility index (Phi) is 6.37. The van der Waals surface area contributed by atoms with Crippen molar-refractivity contribution in [1.82, 2.24) is 14.7 Å². The molecule has 0 radical (unpaired) electrons. The first-order valence-electron chi connectivity index (χ1n) is 10.9. The number of hydrogen-bond acceptors (Lipinski definition) is 7. The summed E-state index contributed by atoms with van der Waals surface area (Å²) in [5, 5.41) is 26.1. The average Bonchev–Trinajstić information content (AvgIpc) is 3.47. The highest BCUT2D eigenvalue weighted by Crippen LogP contribution is 2.48. The van der Waals surface area contributed by atoms with Crippen LogP contribution in [-0.2, 0) is 4.74 Å². The molecule has 3 N–H and O–H groups in total. The summed E-state index contributed by atoms with van der Waals surface area (Å²) in [6, 6.07) is 9.53. The summed E-state index contributed by atoms with van der Waals surface area (Å²) in [6.45, 7) is 0.702. The van der Waals surface area contributed by atoms with Gasteiger partial charge in [0.25, 0.3) is 5.91 Å². The number of primary amides is 1. The molecule has 2 aliphatic rings. The number of ether oxygens (including phenoxy) is 1. The van der Waals surface area contributed by atoms with Crippen LogP contribution in [0.15, 0.2) is 30.5 Å². The first-order chi connectivity index (χ1) is 16.3. The van der Waals surface area contributed by atoms with Crippen LogP contribution in [0.2, 0.25) is 0 Å². The number of piperidine rings is 1. The highest BCUT2D eigenvalue weighted by molar-refractivity contribution is 5.98. The molecule has 176 valence electrons. The van der Waals surface area contributed by atoms with Gasteiger partial charge in [0.15, 0.2) is 5.82 Å². The van der Waals surface area contributed by atoms with E-state index in [0.29, 0.717) is 25.1 Å². The Morgan fingerprint density at radius 1 is 1.29 bits per heavy atom. The Balaban J connectivity index is 1.44. The fourth-order valence-corrected chi connectivity index (χ4v) is 4.08.